The van der Waals surface area contributed by atoms with Crippen LogP contribution in [0.5, 0.6) is 0 Å². The van der Waals surface area contributed by atoms with Crippen LogP contribution in [0.2, 0.25) is 18.1 Å². The third-order valence-corrected chi connectivity index (χ3v) is 8.77. The van der Waals surface area contributed by atoms with Crippen molar-refractivity contribution in [1.82, 2.24) is 4.90 Å². The van der Waals surface area contributed by atoms with Gasteiger partial charge in [0.05, 0.1) is 12.6 Å². The maximum Gasteiger partial charge on any atom is 0.223 e. The van der Waals surface area contributed by atoms with Gasteiger partial charge in [0.25, 0.3) is 0 Å². The van der Waals surface area contributed by atoms with Crippen LogP contribution >= 0.6 is 0 Å². The Balaban J connectivity index is 2.55. The fourth-order valence-corrected chi connectivity index (χ4v) is 2.98. The summed E-state index contributed by atoms with van der Waals surface area (Å²) >= 11 is 0. The highest BCUT2D eigenvalue weighted by atomic mass is 28.4. The predicted octanol–water partition coefficient (Wildman–Crippen LogP) is 1.96. The SMILES string of the molecule is CC(C)(C)[Si](C)(C)OC[C@H]1CCC(=O)N1CCN. The van der Waals surface area contributed by atoms with E-state index in [1.165, 1.54) is 0 Å². The van der Waals surface area contributed by atoms with Crippen molar-refractivity contribution in [3.63, 3.8) is 0 Å². The zero-order valence-corrected chi connectivity index (χ0v) is 13.5. The van der Waals surface area contributed by atoms with Crippen molar-refractivity contribution >= 4 is 14.2 Å². The Hall–Kier alpha value is -0.393. The minimum atomic E-state index is -1.72. The van der Waals surface area contributed by atoms with Gasteiger partial charge in [0.1, 0.15) is 0 Å². The van der Waals surface area contributed by atoms with Crippen molar-refractivity contribution in [2.75, 3.05) is 19.7 Å². The molecule has 1 rings (SSSR count). The molecule has 0 radical (unpaired) electrons. The van der Waals surface area contributed by atoms with Crippen molar-refractivity contribution in [3.05, 3.63) is 0 Å². The monoisotopic (exact) mass is 272 g/mol. The van der Waals surface area contributed by atoms with Gasteiger partial charge in [-0.1, -0.05) is 20.8 Å². The first kappa shape index (κ1) is 15.7. The average molecular weight is 272 g/mol. The third-order valence-electron chi connectivity index (χ3n) is 4.27. The molecule has 18 heavy (non-hydrogen) atoms. The van der Waals surface area contributed by atoms with E-state index >= 15 is 0 Å². The van der Waals surface area contributed by atoms with Gasteiger partial charge >= 0.3 is 0 Å². The molecule has 0 spiro atoms. The second-order valence-corrected chi connectivity index (χ2v) is 11.4. The van der Waals surface area contributed by atoms with Gasteiger partial charge in [-0.25, -0.2) is 0 Å². The summed E-state index contributed by atoms with van der Waals surface area (Å²) in [7, 11) is -1.72. The molecule has 106 valence electrons. The lowest BCUT2D eigenvalue weighted by Gasteiger charge is -2.38. The lowest BCUT2D eigenvalue weighted by molar-refractivity contribution is -0.129. The summed E-state index contributed by atoms with van der Waals surface area (Å²) in [6.07, 6.45) is 1.55. The maximum atomic E-state index is 11.7. The fraction of sp³-hybridized carbons (Fsp3) is 0.923. The number of rotatable bonds is 5. The Morgan fingerprint density at radius 1 is 1.44 bits per heavy atom. The Kier molecular flexibility index (Phi) is 4.97. The second kappa shape index (κ2) is 5.71. The molecule has 1 atom stereocenters. The highest BCUT2D eigenvalue weighted by Gasteiger charge is 2.39. The van der Waals surface area contributed by atoms with Crippen molar-refractivity contribution in [3.8, 4) is 0 Å². The normalized spacial score (nSPS) is 21.8. The van der Waals surface area contributed by atoms with E-state index in [0.29, 0.717) is 26.1 Å². The van der Waals surface area contributed by atoms with Gasteiger partial charge < -0.3 is 15.1 Å². The van der Waals surface area contributed by atoms with Crippen LogP contribution in [0.3, 0.4) is 0 Å². The van der Waals surface area contributed by atoms with E-state index < -0.39 is 8.32 Å². The van der Waals surface area contributed by atoms with E-state index in [4.69, 9.17) is 10.2 Å². The number of hydrogen-bond acceptors (Lipinski definition) is 3. The minimum Gasteiger partial charge on any atom is -0.415 e. The standard InChI is InChI=1S/C13H28N2O2Si/c1-13(2,3)18(4,5)17-10-11-6-7-12(16)15(11)9-8-14/h11H,6-10,14H2,1-5H3/t11-/m1/s1. The Bertz CT molecular complexity index is 300. The van der Waals surface area contributed by atoms with Crippen LogP contribution in [0, 0.1) is 0 Å². The topological polar surface area (TPSA) is 55.6 Å². The van der Waals surface area contributed by atoms with Crippen LogP contribution in [0.1, 0.15) is 33.6 Å². The molecular formula is C13H28N2O2Si. The predicted molar refractivity (Wildman–Crippen MR) is 76.9 cm³/mol. The van der Waals surface area contributed by atoms with Crippen LogP contribution < -0.4 is 5.73 Å². The Morgan fingerprint density at radius 3 is 2.56 bits per heavy atom. The van der Waals surface area contributed by atoms with Crippen LogP contribution in [-0.2, 0) is 9.22 Å². The van der Waals surface area contributed by atoms with Crippen molar-refractivity contribution in [2.24, 2.45) is 5.73 Å². The van der Waals surface area contributed by atoms with Gasteiger partial charge in [0.2, 0.25) is 5.91 Å². The lowest BCUT2D eigenvalue weighted by atomic mass is 10.2. The molecule has 1 amide bonds. The molecule has 1 aliphatic rings. The van der Waals surface area contributed by atoms with Crippen LogP contribution in [-0.4, -0.2) is 44.9 Å². The summed E-state index contributed by atoms with van der Waals surface area (Å²) in [6.45, 7) is 13.0. The largest absolute Gasteiger partial charge is 0.415 e. The molecule has 0 aliphatic carbocycles. The molecule has 0 saturated carbocycles. The number of hydrogen-bond donors (Lipinski definition) is 1. The summed E-state index contributed by atoms with van der Waals surface area (Å²) in [4.78, 5) is 13.6. The lowest BCUT2D eigenvalue weighted by Crippen LogP contribution is -2.46. The molecular weight excluding hydrogens is 244 g/mol. The maximum absolute atomic E-state index is 11.7. The Labute approximate surface area is 112 Å². The van der Waals surface area contributed by atoms with Gasteiger partial charge in [-0.15, -0.1) is 0 Å². The molecule has 5 heteroatoms. The minimum absolute atomic E-state index is 0.217. The van der Waals surface area contributed by atoms with Crippen LogP contribution in [0.15, 0.2) is 0 Å². The molecule has 0 unspecified atom stereocenters. The summed E-state index contributed by atoms with van der Waals surface area (Å²) in [5, 5.41) is 0.217. The summed E-state index contributed by atoms with van der Waals surface area (Å²) in [6, 6.07) is 0.232. The van der Waals surface area contributed by atoms with E-state index in [2.05, 4.69) is 33.9 Å². The third kappa shape index (κ3) is 3.55. The zero-order valence-electron chi connectivity index (χ0n) is 12.5. The van der Waals surface area contributed by atoms with Crippen molar-refractivity contribution < 1.29 is 9.22 Å². The van der Waals surface area contributed by atoms with Gasteiger partial charge in [-0.05, 0) is 24.6 Å². The number of carbonyl (C=O) groups excluding carboxylic acids is 1. The number of nitrogens with two attached hydrogens (primary N) is 1. The van der Waals surface area contributed by atoms with E-state index in [-0.39, 0.29) is 17.0 Å². The molecule has 0 aromatic carbocycles. The van der Waals surface area contributed by atoms with Crippen molar-refractivity contribution in [2.45, 2.75) is 57.8 Å². The first-order valence-corrected chi connectivity index (χ1v) is 9.73. The van der Waals surface area contributed by atoms with Crippen LogP contribution in [0.4, 0.5) is 0 Å². The van der Waals surface area contributed by atoms with E-state index in [0.717, 1.165) is 6.42 Å². The fourth-order valence-electron chi connectivity index (χ4n) is 1.93. The molecule has 1 heterocycles. The number of amides is 1. The van der Waals surface area contributed by atoms with Crippen LogP contribution in [0.25, 0.3) is 0 Å². The molecule has 0 aromatic rings. The quantitative estimate of drug-likeness (QED) is 0.778. The first-order valence-electron chi connectivity index (χ1n) is 6.82. The summed E-state index contributed by atoms with van der Waals surface area (Å²) in [5.41, 5.74) is 5.56. The van der Waals surface area contributed by atoms with Crippen molar-refractivity contribution in [1.29, 1.82) is 0 Å². The van der Waals surface area contributed by atoms with E-state index in [9.17, 15) is 4.79 Å². The molecule has 1 aliphatic heterocycles. The second-order valence-electron chi connectivity index (χ2n) is 6.64. The molecule has 1 saturated heterocycles. The van der Waals surface area contributed by atoms with Gasteiger partial charge in [-0.2, -0.15) is 0 Å². The Morgan fingerprint density at radius 2 is 2.06 bits per heavy atom. The number of likely N-dealkylation sites (tertiary alicyclic amines) is 1. The number of carbonyl (C=O) groups is 1. The number of nitrogens with zero attached hydrogens (tertiary/aromatic N) is 1. The molecule has 1 fully saturated rings. The highest BCUT2D eigenvalue weighted by Crippen LogP contribution is 2.37. The van der Waals surface area contributed by atoms with Gasteiger partial charge in [0, 0.05) is 19.5 Å². The van der Waals surface area contributed by atoms with Gasteiger partial charge in [-0.3, -0.25) is 4.79 Å². The van der Waals surface area contributed by atoms with E-state index in [1.807, 2.05) is 4.90 Å². The van der Waals surface area contributed by atoms with E-state index in [1.54, 1.807) is 0 Å². The first-order chi connectivity index (χ1) is 8.19. The molecule has 0 aromatic heterocycles. The summed E-state index contributed by atoms with van der Waals surface area (Å²) < 4.78 is 6.21. The molecule has 2 N–H and O–H groups in total. The summed E-state index contributed by atoms with van der Waals surface area (Å²) in [5.74, 6) is 0.226. The average Bonchev–Trinajstić information content (AvgIpc) is 2.57. The highest BCUT2D eigenvalue weighted by molar-refractivity contribution is 6.74. The smallest absolute Gasteiger partial charge is 0.223 e. The molecule has 0 bridgehead atoms. The van der Waals surface area contributed by atoms with Gasteiger partial charge in [0.15, 0.2) is 8.32 Å². The zero-order chi connectivity index (χ0) is 14.0. The molecule has 4 nitrogen and oxygen atoms in total.